The Bertz CT molecular complexity index is 520. The normalized spacial score (nSPS) is 22.2. The molecule has 22 heavy (non-hydrogen) atoms. The van der Waals surface area contributed by atoms with Crippen LogP contribution in [0, 0.1) is 5.92 Å². The fourth-order valence-electron chi connectivity index (χ4n) is 2.69. The standard InChI is InChI=1S/C15H19F3N2O2/c16-15(17,18)22-13-6-2-4-11(8-13)14(21)20-9-10-3-1-5-12(19)7-10/h2,4,6,8,10,12H,1,3,5,7,9,19H2,(H,20,21). The summed E-state index contributed by atoms with van der Waals surface area (Å²) in [6.07, 6.45) is -0.867. The quantitative estimate of drug-likeness (QED) is 0.898. The molecule has 1 aromatic carbocycles. The van der Waals surface area contributed by atoms with Crippen molar-refractivity contribution in [3.05, 3.63) is 29.8 Å². The van der Waals surface area contributed by atoms with Crippen LogP contribution in [-0.4, -0.2) is 24.9 Å². The third-order valence-corrected chi connectivity index (χ3v) is 3.70. The summed E-state index contributed by atoms with van der Waals surface area (Å²) in [4.78, 5) is 12.0. The van der Waals surface area contributed by atoms with Gasteiger partial charge in [0, 0.05) is 18.2 Å². The van der Waals surface area contributed by atoms with Crippen molar-refractivity contribution < 1.29 is 22.7 Å². The first-order valence-electron chi connectivity index (χ1n) is 7.23. The van der Waals surface area contributed by atoms with Crippen molar-refractivity contribution >= 4 is 5.91 Å². The van der Waals surface area contributed by atoms with Crippen LogP contribution in [0.5, 0.6) is 5.75 Å². The molecule has 1 aromatic rings. The van der Waals surface area contributed by atoms with Crippen LogP contribution in [0.1, 0.15) is 36.0 Å². The molecule has 1 amide bonds. The molecule has 2 atom stereocenters. The third-order valence-electron chi connectivity index (χ3n) is 3.70. The molecule has 3 N–H and O–H groups in total. The number of benzene rings is 1. The Hall–Kier alpha value is -1.76. The van der Waals surface area contributed by atoms with Crippen molar-refractivity contribution in [1.82, 2.24) is 5.32 Å². The molecule has 1 saturated carbocycles. The van der Waals surface area contributed by atoms with E-state index < -0.39 is 18.0 Å². The molecule has 1 aliphatic carbocycles. The van der Waals surface area contributed by atoms with Gasteiger partial charge in [0.1, 0.15) is 5.75 Å². The average molecular weight is 316 g/mol. The van der Waals surface area contributed by atoms with Gasteiger partial charge in [0.2, 0.25) is 0 Å². The van der Waals surface area contributed by atoms with Crippen molar-refractivity contribution in [3.8, 4) is 5.75 Å². The largest absolute Gasteiger partial charge is 0.573 e. The maximum absolute atomic E-state index is 12.2. The molecule has 0 bridgehead atoms. The lowest BCUT2D eigenvalue weighted by atomic mass is 9.86. The summed E-state index contributed by atoms with van der Waals surface area (Å²) in [7, 11) is 0. The van der Waals surface area contributed by atoms with Crippen LogP contribution >= 0.6 is 0 Å². The van der Waals surface area contributed by atoms with Crippen molar-refractivity contribution in [2.24, 2.45) is 11.7 Å². The number of alkyl halides is 3. The van der Waals surface area contributed by atoms with Crippen LogP contribution in [0.2, 0.25) is 0 Å². The molecule has 2 unspecified atom stereocenters. The number of nitrogens with one attached hydrogen (secondary N) is 1. The number of amides is 1. The number of rotatable bonds is 4. The van der Waals surface area contributed by atoms with Crippen LogP contribution in [0.25, 0.3) is 0 Å². The Kier molecular flexibility index (Phi) is 5.28. The molecule has 0 heterocycles. The minimum absolute atomic E-state index is 0.141. The van der Waals surface area contributed by atoms with Gasteiger partial charge in [-0.05, 0) is 43.4 Å². The molecule has 0 aromatic heterocycles. The molecule has 1 fully saturated rings. The lowest BCUT2D eigenvalue weighted by Gasteiger charge is -2.26. The van der Waals surface area contributed by atoms with Gasteiger partial charge in [0.05, 0.1) is 0 Å². The van der Waals surface area contributed by atoms with Gasteiger partial charge in [0.25, 0.3) is 5.91 Å². The fraction of sp³-hybridized carbons (Fsp3) is 0.533. The van der Waals surface area contributed by atoms with E-state index in [4.69, 9.17) is 5.73 Å². The van der Waals surface area contributed by atoms with Crippen molar-refractivity contribution in [2.75, 3.05) is 6.54 Å². The molecule has 0 saturated heterocycles. The van der Waals surface area contributed by atoms with E-state index in [1.165, 1.54) is 12.1 Å². The van der Waals surface area contributed by atoms with E-state index in [1.807, 2.05) is 0 Å². The van der Waals surface area contributed by atoms with Gasteiger partial charge >= 0.3 is 6.36 Å². The van der Waals surface area contributed by atoms with Crippen molar-refractivity contribution in [3.63, 3.8) is 0 Å². The van der Waals surface area contributed by atoms with E-state index in [1.54, 1.807) is 0 Å². The van der Waals surface area contributed by atoms with E-state index in [-0.39, 0.29) is 11.6 Å². The summed E-state index contributed by atoms with van der Waals surface area (Å²) in [5.41, 5.74) is 6.03. The highest BCUT2D eigenvalue weighted by atomic mass is 19.4. The first-order valence-corrected chi connectivity index (χ1v) is 7.23. The summed E-state index contributed by atoms with van der Waals surface area (Å²) >= 11 is 0. The molecule has 0 aliphatic heterocycles. The predicted octanol–water partition coefficient (Wildman–Crippen LogP) is 2.83. The summed E-state index contributed by atoms with van der Waals surface area (Å²) < 4.78 is 40.3. The first kappa shape index (κ1) is 16.6. The Morgan fingerprint density at radius 3 is 2.82 bits per heavy atom. The number of hydrogen-bond acceptors (Lipinski definition) is 3. The number of carbonyl (C=O) groups excluding carboxylic acids is 1. The Morgan fingerprint density at radius 1 is 1.36 bits per heavy atom. The van der Waals surface area contributed by atoms with Crippen LogP contribution in [-0.2, 0) is 0 Å². The minimum atomic E-state index is -4.77. The second-order valence-electron chi connectivity index (χ2n) is 5.58. The zero-order valence-corrected chi connectivity index (χ0v) is 12.0. The number of nitrogens with two attached hydrogens (primary N) is 1. The van der Waals surface area contributed by atoms with E-state index in [0.29, 0.717) is 12.5 Å². The summed E-state index contributed by atoms with van der Waals surface area (Å²) in [6, 6.07) is 5.21. The SMILES string of the molecule is NC1CCCC(CNC(=O)c2cccc(OC(F)(F)F)c2)C1. The molecule has 1 aliphatic rings. The highest BCUT2D eigenvalue weighted by Crippen LogP contribution is 2.24. The summed E-state index contributed by atoms with van der Waals surface area (Å²) in [5, 5.41) is 2.75. The molecule has 122 valence electrons. The molecule has 0 radical (unpaired) electrons. The van der Waals surface area contributed by atoms with Crippen LogP contribution in [0.15, 0.2) is 24.3 Å². The molecular weight excluding hydrogens is 297 g/mol. The third kappa shape index (κ3) is 5.22. The van der Waals surface area contributed by atoms with Gasteiger partial charge in [-0.2, -0.15) is 0 Å². The monoisotopic (exact) mass is 316 g/mol. The van der Waals surface area contributed by atoms with E-state index in [9.17, 15) is 18.0 Å². The zero-order chi connectivity index (χ0) is 16.2. The van der Waals surface area contributed by atoms with Gasteiger partial charge in [-0.15, -0.1) is 13.2 Å². The number of hydrogen-bond donors (Lipinski definition) is 2. The lowest BCUT2D eigenvalue weighted by Crippen LogP contribution is -2.35. The van der Waals surface area contributed by atoms with Crippen LogP contribution in [0.4, 0.5) is 13.2 Å². The summed E-state index contributed by atoms with van der Waals surface area (Å²) in [6.45, 7) is 0.483. The zero-order valence-electron chi connectivity index (χ0n) is 12.0. The number of halogens is 3. The van der Waals surface area contributed by atoms with E-state index in [0.717, 1.165) is 37.8 Å². The van der Waals surface area contributed by atoms with Gasteiger partial charge in [-0.25, -0.2) is 0 Å². The van der Waals surface area contributed by atoms with Crippen LogP contribution < -0.4 is 15.8 Å². The Morgan fingerprint density at radius 2 is 2.14 bits per heavy atom. The number of carbonyl (C=O) groups is 1. The second-order valence-corrected chi connectivity index (χ2v) is 5.58. The lowest BCUT2D eigenvalue weighted by molar-refractivity contribution is -0.274. The smallest absolute Gasteiger partial charge is 0.406 e. The predicted molar refractivity (Wildman–Crippen MR) is 75.4 cm³/mol. The second kappa shape index (κ2) is 7.00. The maximum atomic E-state index is 12.2. The van der Waals surface area contributed by atoms with Gasteiger partial charge in [-0.3, -0.25) is 4.79 Å². The molecule has 2 rings (SSSR count). The first-order chi connectivity index (χ1) is 10.3. The molecule has 4 nitrogen and oxygen atoms in total. The topological polar surface area (TPSA) is 64.3 Å². The Balaban J connectivity index is 1.90. The minimum Gasteiger partial charge on any atom is -0.406 e. The maximum Gasteiger partial charge on any atom is 0.573 e. The fourth-order valence-corrected chi connectivity index (χ4v) is 2.69. The molecule has 7 heteroatoms. The van der Waals surface area contributed by atoms with Crippen molar-refractivity contribution in [1.29, 1.82) is 0 Å². The van der Waals surface area contributed by atoms with E-state index in [2.05, 4.69) is 10.1 Å². The number of ether oxygens (including phenoxy) is 1. The highest BCUT2D eigenvalue weighted by Gasteiger charge is 2.31. The van der Waals surface area contributed by atoms with Crippen molar-refractivity contribution in [2.45, 2.75) is 38.1 Å². The molecule has 0 spiro atoms. The average Bonchev–Trinajstić information content (AvgIpc) is 2.43. The van der Waals surface area contributed by atoms with Crippen LogP contribution in [0.3, 0.4) is 0 Å². The highest BCUT2D eigenvalue weighted by molar-refractivity contribution is 5.94. The van der Waals surface area contributed by atoms with E-state index >= 15 is 0 Å². The van der Waals surface area contributed by atoms with Gasteiger partial charge in [0.15, 0.2) is 0 Å². The Labute approximate surface area is 126 Å². The van der Waals surface area contributed by atoms with Gasteiger partial charge < -0.3 is 15.8 Å². The molecular formula is C15H19F3N2O2. The van der Waals surface area contributed by atoms with Gasteiger partial charge in [-0.1, -0.05) is 12.5 Å². The summed E-state index contributed by atoms with van der Waals surface area (Å²) in [5.74, 6) is -0.492.